The Morgan fingerprint density at radius 2 is 1.95 bits per heavy atom. The van der Waals surface area contributed by atoms with Crippen molar-refractivity contribution >= 4 is 34.3 Å². The van der Waals surface area contributed by atoms with E-state index in [1.807, 2.05) is 30.3 Å². The van der Waals surface area contributed by atoms with Crippen LogP contribution in [0.1, 0.15) is 5.56 Å². The van der Waals surface area contributed by atoms with E-state index in [1.165, 1.54) is 11.8 Å². The van der Waals surface area contributed by atoms with Gasteiger partial charge in [0.2, 0.25) is 0 Å². The third-order valence-electron chi connectivity index (χ3n) is 3.04. The Bertz CT molecular complexity index is 849. The van der Waals surface area contributed by atoms with Gasteiger partial charge in [0, 0.05) is 10.8 Å². The average molecular weight is 318 g/mol. The smallest absolute Gasteiger partial charge is 0.280 e. The van der Waals surface area contributed by atoms with Crippen LogP contribution in [0, 0.1) is 0 Å². The molecule has 106 valence electrons. The van der Waals surface area contributed by atoms with Gasteiger partial charge in [-0.2, -0.15) is 0 Å². The van der Waals surface area contributed by atoms with Crippen molar-refractivity contribution in [2.75, 3.05) is 5.84 Å². The van der Waals surface area contributed by atoms with Gasteiger partial charge in [-0.15, -0.1) is 0 Å². The molecule has 3 aromatic rings. The summed E-state index contributed by atoms with van der Waals surface area (Å²) in [6, 6.07) is 14.9. The van der Waals surface area contributed by atoms with Crippen molar-refractivity contribution in [1.29, 1.82) is 0 Å². The Kier molecular flexibility index (Phi) is 3.86. The van der Waals surface area contributed by atoms with E-state index in [0.29, 0.717) is 26.8 Å². The second-order valence-corrected chi connectivity index (χ2v) is 5.88. The zero-order chi connectivity index (χ0) is 14.8. The molecule has 1 heterocycles. The van der Waals surface area contributed by atoms with Gasteiger partial charge in [0.15, 0.2) is 5.16 Å². The molecule has 2 N–H and O–H groups in total. The van der Waals surface area contributed by atoms with Crippen LogP contribution < -0.4 is 11.4 Å². The maximum atomic E-state index is 12.2. The van der Waals surface area contributed by atoms with Crippen molar-refractivity contribution in [2.45, 2.75) is 10.9 Å². The van der Waals surface area contributed by atoms with Crippen molar-refractivity contribution in [2.24, 2.45) is 0 Å². The Labute approximate surface area is 130 Å². The largest absolute Gasteiger partial charge is 0.334 e. The molecule has 0 radical (unpaired) electrons. The summed E-state index contributed by atoms with van der Waals surface area (Å²) in [7, 11) is 0. The Morgan fingerprint density at radius 3 is 2.71 bits per heavy atom. The van der Waals surface area contributed by atoms with Gasteiger partial charge < -0.3 is 5.84 Å². The number of benzene rings is 2. The van der Waals surface area contributed by atoms with E-state index in [0.717, 1.165) is 10.2 Å². The molecule has 0 spiro atoms. The molecule has 1 aromatic heterocycles. The molecular formula is C15H12ClN3OS. The van der Waals surface area contributed by atoms with E-state index in [4.69, 9.17) is 17.4 Å². The third-order valence-corrected chi connectivity index (χ3v) is 4.30. The summed E-state index contributed by atoms with van der Waals surface area (Å²) in [6.45, 7) is 0. The van der Waals surface area contributed by atoms with E-state index in [9.17, 15) is 4.79 Å². The topological polar surface area (TPSA) is 60.9 Å². The molecule has 0 saturated heterocycles. The lowest BCUT2D eigenvalue weighted by atomic mass is 10.2. The molecule has 3 rings (SSSR count). The predicted octanol–water partition coefficient (Wildman–Crippen LogP) is 3.06. The fraction of sp³-hybridized carbons (Fsp3) is 0.0667. The van der Waals surface area contributed by atoms with Gasteiger partial charge in [-0.3, -0.25) is 4.79 Å². The number of aromatic nitrogens is 2. The van der Waals surface area contributed by atoms with Crippen molar-refractivity contribution in [1.82, 2.24) is 9.66 Å². The van der Waals surface area contributed by atoms with Crippen LogP contribution in [0.25, 0.3) is 10.9 Å². The van der Waals surface area contributed by atoms with Crippen LogP contribution >= 0.6 is 23.4 Å². The number of thioether (sulfide) groups is 1. The first-order valence-corrected chi connectivity index (χ1v) is 7.65. The van der Waals surface area contributed by atoms with Crippen molar-refractivity contribution < 1.29 is 0 Å². The van der Waals surface area contributed by atoms with Crippen LogP contribution in [0.3, 0.4) is 0 Å². The Hall–Kier alpha value is -1.98. The summed E-state index contributed by atoms with van der Waals surface area (Å²) in [5.41, 5.74) is 1.43. The number of hydrogen-bond donors (Lipinski definition) is 1. The number of rotatable bonds is 3. The molecule has 2 aromatic carbocycles. The summed E-state index contributed by atoms with van der Waals surface area (Å²) in [6.07, 6.45) is 0. The maximum absolute atomic E-state index is 12.2. The number of nitrogens with zero attached hydrogens (tertiary/aromatic N) is 2. The SMILES string of the molecule is Nn1c(SCc2ccccc2)nc2cc(Cl)ccc2c1=O. The molecule has 0 atom stereocenters. The number of hydrogen-bond acceptors (Lipinski definition) is 4. The highest BCUT2D eigenvalue weighted by atomic mass is 35.5. The summed E-state index contributed by atoms with van der Waals surface area (Å²) in [4.78, 5) is 16.6. The van der Waals surface area contributed by atoms with Gasteiger partial charge >= 0.3 is 0 Å². The molecule has 0 aliphatic carbocycles. The van der Waals surface area contributed by atoms with Crippen molar-refractivity contribution in [3.63, 3.8) is 0 Å². The van der Waals surface area contributed by atoms with Crippen LogP contribution in [-0.4, -0.2) is 9.66 Å². The molecule has 0 saturated carbocycles. The second kappa shape index (κ2) is 5.79. The van der Waals surface area contributed by atoms with Crippen LogP contribution in [0.2, 0.25) is 5.02 Å². The monoisotopic (exact) mass is 317 g/mol. The first kappa shape index (κ1) is 14.0. The fourth-order valence-corrected chi connectivity index (χ4v) is 3.02. The molecule has 21 heavy (non-hydrogen) atoms. The van der Waals surface area contributed by atoms with Gasteiger partial charge in [0.05, 0.1) is 10.9 Å². The lowest BCUT2D eigenvalue weighted by Crippen LogP contribution is -2.29. The molecule has 0 aliphatic heterocycles. The molecule has 0 unspecified atom stereocenters. The average Bonchev–Trinajstić information content (AvgIpc) is 2.50. The molecule has 0 fully saturated rings. The lowest BCUT2D eigenvalue weighted by Gasteiger charge is -2.08. The van der Waals surface area contributed by atoms with Crippen molar-refractivity contribution in [3.05, 3.63) is 69.5 Å². The van der Waals surface area contributed by atoms with Crippen LogP contribution in [0.15, 0.2) is 58.5 Å². The maximum Gasteiger partial charge on any atom is 0.280 e. The van der Waals surface area contributed by atoms with E-state index in [2.05, 4.69) is 4.98 Å². The second-order valence-electron chi connectivity index (χ2n) is 4.51. The number of fused-ring (bicyclic) bond motifs is 1. The van der Waals surface area contributed by atoms with Crippen LogP contribution in [0.4, 0.5) is 0 Å². The number of nitrogens with two attached hydrogens (primary N) is 1. The van der Waals surface area contributed by atoms with E-state index in [1.54, 1.807) is 18.2 Å². The Balaban J connectivity index is 1.98. The molecule has 6 heteroatoms. The zero-order valence-electron chi connectivity index (χ0n) is 11.0. The predicted molar refractivity (Wildman–Crippen MR) is 87.2 cm³/mol. The van der Waals surface area contributed by atoms with Gasteiger partial charge in [0.1, 0.15) is 0 Å². The summed E-state index contributed by atoms with van der Waals surface area (Å²) >= 11 is 7.37. The van der Waals surface area contributed by atoms with Crippen molar-refractivity contribution in [3.8, 4) is 0 Å². The summed E-state index contributed by atoms with van der Waals surface area (Å²) in [5.74, 6) is 6.53. The Morgan fingerprint density at radius 1 is 1.19 bits per heavy atom. The first-order chi connectivity index (χ1) is 10.1. The normalized spacial score (nSPS) is 10.9. The highest BCUT2D eigenvalue weighted by Gasteiger charge is 2.10. The van der Waals surface area contributed by atoms with Gasteiger partial charge in [-0.25, -0.2) is 9.66 Å². The zero-order valence-corrected chi connectivity index (χ0v) is 12.6. The van der Waals surface area contributed by atoms with Gasteiger partial charge in [-0.1, -0.05) is 53.7 Å². The number of halogens is 1. The minimum atomic E-state index is -0.271. The van der Waals surface area contributed by atoms with E-state index in [-0.39, 0.29) is 5.56 Å². The van der Waals surface area contributed by atoms with E-state index >= 15 is 0 Å². The standard InChI is InChI=1S/C15H12ClN3OS/c16-11-6-7-12-13(8-11)18-15(19(17)14(12)20)21-9-10-4-2-1-3-5-10/h1-8H,9,17H2. The molecular weight excluding hydrogens is 306 g/mol. The molecule has 0 amide bonds. The van der Waals surface area contributed by atoms with Crippen LogP contribution in [0.5, 0.6) is 0 Å². The molecule has 0 aliphatic rings. The number of nitrogen functional groups attached to an aromatic ring is 1. The minimum absolute atomic E-state index is 0.271. The highest BCUT2D eigenvalue weighted by Crippen LogP contribution is 2.22. The molecule has 0 bridgehead atoms. The van der Waals surface area contributed by atoms with Crippen LogP contribution in [-0.2, 0) is 5.75 Å². The molecule has 4 nitrogen and oxygen atoms in total. The third kappa shape index (κ3) is 2.89. The summed E-state index contributed by atoms with van der Waals surface area (Å²) < 4.78 is 1.09. The highest BCUT2D eigenvalue weighted by molar-refractivity contribution is 7.98. The first-order valence-electron chi connectivity index (χ1n) is 6.29. The minimum Gasteiger partial charge on any atom is -0.334 e. The van der Waals surface area contributed by atoms with Gasteiger partial charge in [0.25, 0.3) is 5.56 Å². The fourth-order valence-electron chi connectivity index (χ4n) is 1.98. The van der Waals surface area contributed by atoms with Gasteiger partial charge in [-0.05, 0) is 23.8 Å². The van der Waals surface area contributed by atoms with E-state index < -0.39 is 0 Å². The lowest BCUT2D eigenvalue weighted by molar-refractivity contribution is 0.779. The summed E-state index contributed by atoms with van der Waals surface area (Å²) in [5, 5.41) is 1.48. The quantitative estimate of drug-likeness (QED) is 0.458.